The van der Waals surface area contributed by atoms with Crippen LogP contribution in [0.2, 0.25) is 0 Å². The maximum absolute atomic E-state index is 13.2. The van der Waals surface area contributed by atoms with E-state index in [0.717, 1.165) is 0 Å². The van der Waals surface area contributed by atoms with Crippen molar-refractivity contribution < 1.29 is 14.0 Å². The third-order valence-corrected chi connectivity index (χ3v) is 3.20. The molecular weight excluding hydrogens is 247 g/mol. The molecule has 1 aliphatic heterocycles. The van der Waals surface area contributed by atoms with Gasteiger partial charge in [-0.15, -0.1) is 0 Å². The molecule has 1 aliphatic rings. The molecule has 4 nitrogen and oxygen atoms in total. The molecule has 2 amide bonds. The fourth-order valence-corrected chi connectivity index (χ4v) is 2.24. The van der Waals surface area contributed by atoms with Gasteiger partial charge in [0, 0.05) is 11.7 Å². The lowest BCUT2D eigenvalue weighted by Gasteiger charge is -2.19. The first-order chi connectivity index (χ1) is 8.90. The highest BCUT2D eigenvalue weighted by Gasteiger charge is 2.39. The van der Waals surface area contributed by atoms with E-state index in [1.54, 1.807) is 32.9 Å². The molecule has 1 N–H and O–H groups in total. The summed E-state index contributed by atoms with van der Waals surface area (Å²) in [5, 5.41) is 3.00. The van der Waals surface area contributed by atoms with Gasteiger partial charge >= 0.3 is 0 Å². The zero-order valence-electron chi connectivity index (χ0n) is 11.2. The van der Waals surface area contributed by atoms with Gasteiger partial charge in [0.1, 0.15) is 11.9 Å². The van der Waals surface area contributed by atoms with Gasteiger partial charge < -0.3 is 5.32 Å². The number of anilines is 1. The monoisotopic (exact) mass is 264 g/mol. The Bertz CT molecular complexity index is 528. The molecule has 2 rings (SSSR count). The molecule has 1 fully saturated rings. The molecule has 5 heteroatoms. The summed E-state index contributed by atoms with van der Waals surface area (Å²) in [6, 6.07) is 3.85. The Morgan fingerprint density at radius 2 is 2.05 bits per heavy atom. The lowest BCUT2D eigenvalue weighted by molar-refractivity contribution is -0.140. The van der Waals surface area contributed by atoms with Gasteiger partial charge in [-0.05, 0) is 44.5 Å². The molecule has 102 valence electrons. The lowest BCUT2D eigenvalue weighted by atomic mass is 10.2. The van der Waals surface area contributed by atoms with E-state index in [2.05, 4.69) is 5.32 Å². The normalized spacial score (nSPS) is 19.4. The highest BCUT2D eigenvalue weighted by atomic mass is 19.1. The summed E-state index contributed by atoms with van der Waals surface area (Å²) in [4.78, 5) is 25.1. The van der Waals surface area contributed by atoms with Crippen molar-refractivity contribution in [1.29, 1.82) is 0 Å². The Kier molecular flexibility index (Phi) is 3.55. The van der Waals surface area contributed by atoms with Crippen LogP contribution in [0.15, 0.2) is 18.2 Å². The standard InChI is InChI=1S/C14H17FN2O2/c1-8(2)17-13(18)7-12(14(17)19)16-10-4-5-11(15)9(3)6-10/h4-6,8,12,16H,7H2,1-3H3. The minimum absolute atomic E-state index is 0.137. The highest BCUT2D eigenvalue weighted by molar-refractivity contribution is 6.07. The van der Waals surface area contributed by atoms with Gasteiger partial charge in [-0.3, -0.25) is 14.5 Å². The Labute approximate surface area is 111 Å². The third-order valence-electron chi connectivity index (χ3n) is 3.20. The second-order valence-electron chi connectivity index (χ2n) is 5.06. The molecule has 0 radical (unpaired) electrons. The van der Waals surface area contributed by atoms with E-state index in [1.807, 2.05) is 0 Å². The number of amides is 2. The van der Waals surface area contributed by atoms with Gasteiger partial charge in [0.15, 0.2) is 0 Å². The van der Waals surface area contributed by atoms with Gasteiger partial charge in [-0.2, -0.15) is 0 Å². The summed E-state index contributed by atoms with van der Waals surface area (Å²) in [6.07, 6.45) is 0.146. The van der Waals surface area contributed by atoms with E-state index in [4.69, 9.17) is 0 Å². The van der Waals surface area contributed by atoms with Crippen LogP contribution in [0.1, 0.15) is 25.8 Å². The minimum atomic E-state index is -0.556. The van der Waals surface area contributed by atoms with E-state index in [1.165, 1.54) is 11.0 Å². The van der Waals surface area contributed by atoms with Gasteiger partial charge in [0.25, 0.3) is 5.91 Å². The zero-order chi connectivity index (χ0) is 14.2. The van der Waals surface area contributed by atoms with E-state index < -0.39 is 6.04 Å². The molecule has 0 bridgehead atoms. The Morgan fingerprint density at radius 3 is 2.58 bits per heavy atom. The number of imide groups is 1. The van der Waals surface area contributed by atoms with Crippen molar-refractivity contribution in [3.05, 3.63) is 29.6 Å². The van der Waals surface area contributed by atoms with Crippen LogP contribution in [-0.2, 0) is 9.59 Å². The first kappa shape index (κ1) is 13.5. The molecule has 1 atom stereocenters. The van der Waals surface area contributed by atoms with Crippen molar-refractivity contribution in [3.8, 4) is 0 Å². The molecule has 1 aromatic carbocycles. The smallest absolute Gasteiger partial charge is 0.252 e. The Hall–Kier alpha value is -1.91. The van der Waals surface area contributed by atoms with Gasteiger partial charge in [-0.1, -0.05) is 0 Å². The summed E-state index contributed by atoms with van der Waals surface area (Å²) in [5.41, 5.74) is 1.15. The molecule has 0 spiro atoms. The maximum Gasteiger partial charge on any atom is 0.252 e. The van der Waals surface area contributed by atoms with Gasteiger partial charge in [0.05, 0.1) is 6.42 Å². The number of aryl methyl sites for hydroxylation is 1. The predicted octanol–water partition coefficient (Wildman–Crippen LogP) is 2.08. The van der Waals surface area contributed by atoms with Crippen LogP contribution in [0.25, 0.3) is 0 Å². The summed E-state index contributed by atoms with van der Waals surface area (Å²) in [5.74, 6) is -0.679. The van der Waals surface area contributed by atoms with Crippen LogP contribution in [0, 0.1) is 12.7 Å². The molecule has 1 saturated heterocycles. The molecule has 19 heavy (non-hydrogen) atoms. The average molecular weight is 264 g/mol. The van der Waals surface area contributed by atoms with Crippen molar-refractivity contribution in [1.82, 2.24) is 4.90 Å². The summed E-state index contributed by atoms with van der Waals surface area (Å²) >= 11 is 0. The van der Waals surface area contributed by atoms with Crippen molar-refractivity contribution in [2.24, 2.45) is 0 Å². The number of carbonyl (C=O) groups excluding carboxylic acids is 2. The summed E-state index contributed by atoms with van der Waals surface area (Å²) in [7, 11) is 0. The van der Waals surface area contributed by atoms with Crippen LogP contribution in [-0.4, -0.2) is 28.8 Å². The van der Waals surface area contributed by atoms with Crippen molar-refractivity contribution >= 4 is 17.5 Å². The largest absolute Gasteiger partial charge is 0.373 e. The number of hydrogen-bond acceptors (Lipinski definition) is 3. The van der Waals surface area contributed by atoms with Crippen molar-refractivity contribution in [2.75, 3.05) is 5.32 Å². The van der Waals surface area contributed by atoms with E-state index in [9.17, 15) is 14.0 Å². The molecule has 0 saturated carbocycles. The summed E-state index contributed by atoms with van der Waals surface area (Å²) < 4.78 is 13.2. The number of nitrogens with zero attached hydrogens (tertiary/aromatic N) is 1. The lowest BCUT2D eigenvalue weighted by Crippen LogP contribution is -2.39. The molecular formula is C14H17FN2O2. The first-order valence-corrected chi connectivity index (χ1v) is 6.28. The molecule has 1 aromatic rings. The second kappa shape index (κ2) is 4.99. The molecule has 0 aliphatic carbocycles. The van der Waals surface area contributed by atoms with E-state index in [-0.39, 0.29) is 30.1 Å². The average Bonchev–Trinajstić information content (AvgIpc) is 2.59. The SMILES string of the molecule is Cc1cc(NC2CC(=O)N(C(C)C)C2=O)ccc1F. The van der Waals surface area contributed by atoms with Crippen molar-refractivity contribution in [3.63, 3.8) is 0 Å². The molecule has 1 heterocycles. The number of benzene rings is 1. The molecule has 1 unspecified atom stereocenters. The van der Waals surface area contributed by atoms with Crippen LogP contribution >= 0.6 is 0 Å². The Balaban J connectivity index is 2.14. The van der Waals surface area contributed by atoms with Crippen molar-refractivity contribution in [2.45, 2.75) is 39.3 Å². The highest BCUT2D eigenvalue weighted by Crippen LogP contribution is 2.21. The van der Waals surface area contributed by atoms with Crippen LogP contribution in [0.5, 0.6) is 0 Å². The molecule has 0 aromatic heterocycles. The third kappa shape index (κ3) is 2.59. The van der Waals surface area contributed by atoms with E-state index in [0.29, 0.717) is 11.3 Å². The fourth-order valence-electron chi connectivity index (χ4n) is 2.24. The fraction of sp³-hybridized carbons (Fsp3) is 0.429. The maximum atomic E-state index is 13.2. The number of carbonyl (C=O) groups is 2. The van der Waals surface area contributed by atoms with Crippen LogP contribution < -0.4 is 5.32 Å². The predicted molar refractivity (Wildman–Crippen MR) is 70.2 cm³/mol. The number of nitrogens with one attached hydrogen (secondary N) is 1. The minimum Gasteiger partial charge on any atom is -0.373 e. The van der Waals surface area contributed by atoms with Gasteiger partial charge in [0.2, 0.25) is 5.91 Å². The number of hydrogen-bond donors (Lipinski definition) is 1. The topological polar surface area (TPSA) is 49.4 Å². The number of likely N-dealkylation sites (tertiary alicyclic amines) is 1. The quantitative estimate of drug-likeness (QED) is 0.850. The second-order valence-corrected chi connectivity index (χ2v) is 5.06. The number of halogens is 1. The van der Waals surface area contributed by atoms with E-state index >= 15 is 0 Å². The number of rotatable bonds is 3. The van der Waals surface area contributed by atoms with Gasteiger partial charge in [-0.25, -0.2) is 4.39 Å². The summed E-state index contributed by atoms with van der Waals surface area (Å²) in [6.45, 7) is 5.27. The van der Waals surface area contributed by atoms with Crippen LogP contribution in [0.4, 0.5) is 10.1 Å². The Morgan fingerprint density at radius 1 is 1.37 bits per heavy atom. The van der Waals surface area contributed by atoms with Crippen LogP contribution in [0.3, 0.4) is 0 Å². The first-order valence-electron chi connectivity index (χ1n) is 6.28. The zero-order valence-corrected chi connectivity index (χ0v) is 11.2.